The molecule has 144 valence electrons. The molecule has 2 aromatic carbocycles. The van der Waals surface area contributed by atoms with Crippen molar-refractivity contribution >= 4 is 21.9 Å². The first kappa shape index (κ1) is 20.2. The van der Waals surface area contributed by atoms with Crippen LogP contribution in [0, 0.1) is 10.1 Å². The van der Waals surface area contributed by atoms with Crippen LogP contribution >= 0.6 is 0 Å². The Bertz CT molecular complexity index is 957. The number of nitrogens with one attached hydrogen (secondary N) is 1. The summed E-state index contributed by atoms with van der Waals surface area (Å²) in [4.78, 5) is 11.9. The van der Waals surface area contributed by atoms with Gasteiger partial charge in [0.15, 0.2) is 11.5 Å². The molecule has 27 heavy (non-hydrogen) atoms. The molecule has 0 spiro atoms. The maximum atomic E-state index is 12.2. The van der Waals surface area contributed by atoms with Crippen LogP contribution in [0.25, 0.3) is 0 Å². The van der Waals surface area contributed by atoms with Gasteiger partial charge in [-0.15, -0.1) is 0 Å². The van der Waals surface area contributed by atoms with E-state index in [-0.39, 0.29) is 16.7 Å². The largest absolute Gasteiger partial charge is 0.493 e. The molecule has 0 atom stereocenters. The number of rotatable bonds is 8. The molecule has 0 unspecified atom stereocenters. The molecule has 2 aromatic rings. The van der Waals surface area contributed by atoms with Crippen LogP contribution in [0.4, 0.5) is 5.69 Å². The number of nitro benzene ring substituents is 1. The number of hydrogen-bond acceptors (Lipinski definition) is 7. The van der Waals surface area contributed by atoms with Crippen molar-refractivity contribution in [2.45, 2.75) is 24.8 Å². The van der Waals surface area contributed by atoms with Crippen molar-refractivity contribution in [1.29, 1.82) is 0 Å². The molecule has 0 aromatic heterocycles. The highest BCUT2D eigenvalue weighted by molar-refractivity contribution is 7.89. The maximum absolute atomic E-state index is 12.2. The molecular formula is C17H19N3O6S. The highest BCUT2D eigenvalue weighted by Crippen LogP contribution is 2.28. The van der Waals surface area contributed by atoms with E-state index < -0.39 is 14.9 Å². The SMILES string of the molecule is COc1cc(/C=N/NS(=O)(=O)c2cccc([N+](=O)[O-])c2)ccc1OC(C)C. The van der Waals surface area contributed by atoms with Gasteiger partial charge in [-0.1, -0.05) is 6.07 Å². The van der Waals surface area contributed by atoms with Gasteiger partial charge in [-0.3, -0.25) is 10.1 Å². The summed E-state index contributed by atoms with van der Waals surface area (Å²) < 4.78 is 35.3. The third kappa shape index (κ3) is 5.42. The van der Waals surface area contributed by atoms with Crippen molar-refractivity contribution < 1.29 is 22.8 Å². The van der Waals surface area contributed by atoms with Crippen LogP contribution in [-0.2, 0) is 10.0 Å². The second-order valence-corrected chi connectivity index (χ2v) is 7.35. The van der Waals surface area contributed by atoms with E-state index in [2.05, 4.69) is 5.10 Å². The molecule has 2 rings (SSSR count). The Labute approximate surface area is 156 Å². The highest BCUT2D eigenvalue weighted by atomic mass is 32.2. The van der Waals surface area contributed by atoms with E-state index in [1.807, 2.05) is 18.7 Å². The van der Waals surface area contributed by atoms with Crippen molar-refractivity contribution in [3.05, 3.63) is 58.1 Å². The molecule has 0 saturated carbocycles. The second kappa shape index (κ2) is 8.49. The summed E-state index contributed by atoms with van der Waals surface area (Å²) in [6.45, 7) is 3.77. The zero-order chi connectivity index (χ0) is 20.0. The molecule has 0 amide bonds. The van der Waals surface area contributed by atoms with Crippen LogP contribution < -0.4 is 14.3 Å². The first-order valence-electron chi connectivity index (χ1n) is 7.87. The van der Waals surface area contributed by atoms with Crippen LogP contribution in [0.15, 0.2) is 52.5 Å². The van der Waals surface area contributed by atoms with Crippen molar-refractivity contribution in [3.63, 3.8) is 0 Å². The minimum absolute atomic E-state index is 0.0276. The smallest absolute Gasteiger partial charge is 0.276 e. The van der Waals surface area contributed by atoms with Gasteiger partial charge in [-0.05, 0) is 43.7 Å². The van der Waals surface area contributed by atoms with Crippen LogP contribution in [0.3, 0.4) is 0 Å². The molecule has 0 saturated heterocycles. The molecule has 0 fully saturated rings. The molecule has 9 nitrogen and oxygen atoms in total. The van der Waals surface area contributed by atoms with Crippen LogP contribution in [-0.4, -0.2) is 32.8 Å². The number of hydrogen-bond donors (Lipinski definition) is 1. The van der Waals surface area contributed by atoms with Gasteiger partial charge in [-0.25, -0.2) is 4.83 Å². The lowest BCUT2D eigenvalue weighted by Crippen LogP contribution is -2.18. The standard InChI is InChI=1S/C17H19N3O6S/c1-12(2)26-16-8-7-13(9-17(16)25-3)11-18-19-27(23,24)15-6-4-5-14(10-15)20(21)22/h4-12,19H,1-3H3/b18-11+. The van der Waals surface area contributed by atoms with Crippen molar-refractivity contribution in [2.24, 2.45) is 5.10 Å². The zero-order valence-electron chi connectivity index (χ0n) is 14.9. The quantitative estimate of drug-likeness (QED) is 0.418. The lowest BCUT2D eigenvalue weighted by Gasteiger charge is -2.13. The van der Waals surface area contributed by atoms with Gasteiger partial charge in [0, 0.05) is 12.1 Å². The van der Waals surface area contributed by atoms with E-state index >= 15 is 0 Å². The third-order valence-corrected chi connectivity index (χ3v) is 4.50. The number of non-ortho nitro benzene ring substituents is 1. The first-order valence-corrected chi connectivity index (χ1v) is 9.35. The first-order chi connectivity index (χ1) is 12.7. The number of hydrazone groups is 1. The fourth-order valence-corrected chi connectivity index (χ4v) is 2.93. The Morgan fingerprint density at radius 3 is 2.56 bits per heavy atom. The topological polar surface area (TPSA) is 120 Å². The van der Waals surface area contributed by atoms with Crippen LogP contribution in [0.1, 0.15) is 19.4 Å². The molecular weight excluding hydrogens is 374 g/mol. The summed E-state index contributed by atoms with van der Waals surface area (Å²) in [5, 5.41) is 14.5. The molecule has 0 aliphatic rings. The van der Waals surface area contributed by atoms with E-state index in [0.29, 0.717) is 17.1 Å². The van der Waals surface area contributed by atoms with E-state index in [1.54, 1.807) is 18.2 Å². The summed E-state index contributed by atoms with van der Waals surface area (Å²) in [5.41, 5.74) is 0.247. The molecule has 0 aliphatic heterocycles. The minimum atomic E-state index is -4.03. The van der Waals surface area contributed by atoms with Crippen LogP contribution in [0.2, 0.25) is 0 Å². The summed E-state index contributed by atoms with van der Waals surface area (Å²) in [5.74, 6) is 1.04. The van der Waals surface area contributed by atoms with E-state index in [0.717, 1.165) is 6.07 Å². The van der Waals surface area contributed by atoms with Gasteiger partial charge in [0.05, 0.1) is 29.2 Å². The minimum Gasteiger partial charge on any atom is -0.493 e. The zero-order valence-corrected chi connectivity index (χ0v) is 15.8. The Kier molecular flexibility index (Phi) is 6.35. The Balaban J connectivity index is 2.16. The predicted molar refractivity (Wildman–Crippen MR) is 99.8 cm³/mol. The van der Waals surface area contributed by atoms with Gasteiger partial charge in [0.2, 0.25) is 0 Å². The molecule has 0 aliphatic carbocycles. The van der Waals surface area contributed by atoms with Crippen molar-refractivity contribution in [1.82, 2.24) is 4.83 Å². The van der Waals surface area contributed by atoms with Gasteiger partial charge in [-0.2, -0.15) is 13.5 Å². The van der Waals surface area contributed by atoms with Crippen LogP contribution in [0.5, 0.6) is 11.5 Å². The Morgan fingerprint density at radius 2 is 1.93 bits per heavy atom. The van der Waals surface area contributed by atoms with Gasteiger partial charge < -0.3 is 9.47 Å². The fraction of sp³-hybridized carbons (Fsp3) is 0.235. The number of ether oxygens (including phenoxy) is 2. The van der Waals surface area contributed by atoms with Gasteiger partial charge >= 0.3 is 0 Å². The molecule has 0 radical (unpaired) electrons. The van der Waals surface area contributed by atoms with E-state index in [4.69, 9.17) is 9.47 Å². The van der Waals surface area contributed by atoms with E-state index in [1.165, 1.54) is 31.5 Å². The molecule has 0 heterocycles. The predicted octanol–water partition coefficient (Wildman–Crippen LogP) is 2.70. The normalized spacial score (nSPS) is 11.6. The summed E-state index contributed by atoms with van der Waals surface area (Å²) in [6, 6.07) is 9.71. The third-order valence-electron chi connectivity index (χ3n) is 3.28. The summed E-state index contributed by atoms with van der Waals surface area (Å²) in [7, 11) is -2.54. The average Bonchev–Trinajstić information content (AvgIpc) is 2.62. The van der Waals surface area contributed by atoms with Crippen molar-refractivity contribution in [3.8, 4) is 11.5 Å². The number of nitrogens with zero attached hydrogens (tertiary/aromatic N) is 2. The lowest BCUT2D eigenvalue weighted by molar-refractivity contribution is -0.385. The van der Waals surface area contributed by atoms with E-state index in [9.17, 15) is 18.5 Å². The Hall–Kier alpha value is -3.14. The Morgan fingerprint density at radius 1 is 1.19 bits per heavy atom. The second-order valence-electron chi connectivity index (χ2n) is 5.68. The molecule has 10 heteroatoms. The fourth-order valence-electron chi connectivity index (χ4n) is 2.10. The lowest BCUT2D eigenvalue weighted by atomic mass is 10.2. The monoisotopic (exact) mass is 393 g/mol. The molecule has 1 N–H and O–H groups in total. The van der Waals surface area contributed by atoms with Gasteiger partial charge in [0.1, 0.15) is 0 Å². The maximum Gasteiger partial charge on any atom is 0.276 e. The number of benzene rings is 2. The number of nitro groups is 1. The number of methoxy groups -OCH3 is 1. The average molecular weight is 393 g/mol. The molecule has 0 bridgehead atoms. The summed E-state index contributed by atoms with van der Waals surface area (Å²) >= 11 is 0. The number of sulfonamides is 1. The van der Waals surface area contributed by atoms with Gasteiger partial charge in [0.25, 0.3) is 15.7 Å². The highest BCUT2D eigenvalue weighted by Gasteiger charge is 2.16. The summed E-state index contributed by atoms with van der Waals surface area (Å²) in [6.07, 6.45) is 1.26. The van der Waals surface area contributed by atoms with Crippen molar-refractivity contribution in [2.75, 3.05) is 7.11 Å².